The third kappa shape index (κ3) is 11.7. The molecule has 0 amide bonds. The van der Waals surface area contributed by atoms with E-state index in [9.17, 15) is 8.42 Å². The number of halogens is 41. The van der Waals surface area contributed by atoms with Gasteiger partial charge in [-0.3, -0.25) is 0 Å². The Labute approximate surface area is 575 Å². The summed E-state index contributed by atoms with van der Waals surface area (Å²) in [5.74, 6) is 0. The first-order chi connectivity index (χ1) is 27.2. The Balaban J connectivity index is 8.01. The van der Waals surface area contributed by atoms with Crippen LogP contribution in [0.4, 0.5) is 0 Å². The molecule has 0 aromatic carbocycles. The van der Waals surface area contributed by atoms with Crippen molar-refractivity contribution in [3.63, 3.8) is 0 Å². The lowest BCUT2D eigenvalue weighted by atomic mass is 9.96. The van der Waals surface area contributed by atoms with Gasteiger partial charge in [-0.1, -0.05) is 476 Å². The van der Waals surface area contributed by atoms with Crippen molar-refractivity contribution in [2.24, 2.45) is 0 Å². The van der Waals surface area contributed by atoms with Crippen LogP contribution in [0, 0.1) is 0 Å². The quantitative estimate of drug-likeness (QED) is 0.0976. The zero-order valence-electron chi connectivity index (χ0n) is 27.2. The van der Waals surface area contributed by atoms with Gasteiger partial charge >= 0.3 is 0 Å². The number of thiol groups is 1. The molecule has 0 saturated carbocycles. The molecule has 0 aliphatic carbocycles. The van der Waals surface area contributed by atoms with E-state index in [0.717, 1.165) is 0 Å². The molecule has 0 aromatic heterocycles. The van der Waals surface area contributed by atoms with Gasteiger partial charge in [0.1, 0.15) is 0 Å². The SMILES string of the molecule is O=[SH](=O)OC(Cl)(Cl)C(Cl)(Cl)C(Cl)(Cl)C(Cl)(Cl)C(Cl)(Cl)C(Cl)(Cl)C(Cl)(Cl)C(Cl)(Cl)C(Cl)(Cl)C(Cl)(Cl)C(Cl)(Cl)C(Cl)(Cl)C(Cl)(Cl)C(Cl)(Cl)C(Cl)(Cl)C(Cl)(Cl)C(Cl)(Cl)C(Cl)(Cl)C(Cl)(Cl)C(Cl)(Cl)Cl. The lowest BCUT2D eigenvalue weighted by Crippen LogP contribution is -2.76. The van der Waals surface area contributed by atoms with Gasteiger partial charge in [0.25, 0.3) is 15.5 Å². The van der Waals surface area contributed by atoms with E-state index in [1.165, 1.54) is 0 Å². The molecule has 0 heterocycles. The van der Waals surface area contributed by atoms with Crippen LogP contribution in [0.25, 0.3) is 0 Å². The summed E-state index contributed by atoms with van der Waals surface area (Å²) in [7, 11) is -4.03. The molecular formula is C20HCl41O3S. The molecular weight excluding hydrogens is 1770 g/mol. The lowest BCUT2D eigenvalue weighted by Gasteiger charge is -2.59. The Bertz CT molecular complexity index is 1820. The predicted octanol–water partition coefficient (Wildman–Crippen LogP) is 23.2. The van der Waals surface area contributed by atoms with Crippen molar-refractivity contribution in [2.45, 2.75) is 86.3 Å². The molecule has 0 aliphatic rings. The Morgan fingerprint density at radius 1 is 0.185 bits per heavy atom. The van der Waals surface area contributed by atoms with E-state index in [0.29, 0.717) is 0 Å². The van der Waals surface area contributed by atoms with Crippen molar-refractivity contribution in [3.8, 4) is 0 Å². The van der Waals surface area contributed by atoms with Crippen molar-refractivity contribution >= 4 is 487 Å². The number of hydrogen-bond donors (Lipinski definition) is 1. The van der Waals surface area contributed by atoms with Crippen LogP contribution >= 0.6 is 476 Å². The van der Waals surface area contributed by atoms with E-state index < -0.39 is 97.3 Å². The largest absolute Gasteiger partial charge is 0.270 e. The highest BCUT2D eigenvalue weighted by Crippen LogP contribution is 2.79. The van der Waals surface area contributed by atoms with Crippen molar-refractivity contribution in [2.75, 3.05) is 0 Å². The first kappa shape index (κ1) is 76.8. The topological polar surface area (TPSA) is 43.4 Å². The van der Waals surface area contributed by atoms with Crippen molar-refractivity contribution in [3.05, 3.63) is 0 Å². The zero-order chi connectivity index (χ0) is 54.3. The summed E-state index contributed by atoms with van der Waals surface area (Å²) in [5.41, 5.74) is 0. The normalized spacial score (nSPS) is 17.3. The molecule has 0 aliphatic heterocycles. The molecule has 0 rings (SSSR count). The molecule has 0 unspecified atom stereocenters. The predicted molar refractivity (Wildman–Crippen MR) is 306 cm³/mol. The summed E-state index contributed by atoms with van der Waals surface area (Å²) in [6, 6.07) is 0. The van der Waals surface area contributed by atoms with Gasteiger partial charge in [0.2, 0.25) is 12.5 Å². The van der Waals surface area contributed by atoms with E-state index >= 15 is 0 Å². The van der Waals surface area contributed by atoms with Gasteiger partial charge in [0, 0.05) is 0 Å². The van der Waals surface area contributed by atoms with E-state index in [1.54, 1.807) is 0 Å². The van der Waals surface area contributed by atoms with Crippen LogP contribution in [-0.2, 0) is 15.2 Å². The Morgan fingerprint density at radius 2 is 0.292 bits per heavy atom. The highest BCUT2D eigenvalue weighted by atomic mass is 35.6. The summed E-state index contributed by atoms with van der Waals surface area (Å²) < 4.78 is -45.7. The molecule has 0 spiro atoms. The second kappa shape index (κ2) is 23.0. The molecule has 45 heteroatoms. The van der Waals surface area contributed by atoms with Crippen LogP contribution < -0.4 is 0 Å². The summed E-state index contributed by atoms with van der Waals surface area (Å²) in [4.78, 5) is 0. The van der Waals surface area contributed by atoms with Crippen LogP contribution in [-0.4, -0.2) is 94.7 Å². The van der Waals surface area contributed by atoms with Crippen LogP contribution in [0.2, 0.25) is 0 Å². The van der Waals surface area contributed by atoms with Gasteiger partial charge < -0.3 is 0 Å². The highest BCUT2D eigenvalue weighted by molar-refractivity contribution is 7.67. The van der Waals surface area contributed by atoms with Gasteiger partial charge in [-0.2, -0.15) is 0 Å². The fraction of sp³-hybridized carbons (Fsp3) is 1.00. The van der Waals surface area contributed by atoms with Crippen LogP contribution in [0.1, 0.15) is 0 Å². The summed E-state index contributed by atoms with van der Waals surface area (Å²) >= 11 is 262. The molecule has 0 fully saturated rings. The maximum atomic E-state index is 11.3. The van der Waals surface area contributed by atoms with E-state index in [-0.39, 0.29) is 0 Å². The standard InChI is InChI=1S/C20HCl41O3S/c21-1(22,3(25,26)5(29,30)7(33,34)9(37,38)11(41,42)13(45,46)15(49,50)17(53,54)19(57,58)59)2(23,24)4(27,28)6(31,32)8(35,36)10(39,40)12(43,44)14(47,48)16(51,52)18(55,56)20(60,61)64-65(62)63/h65H. The smallest absolute Gasteiger partial charge is 0.229 e. The van der Waals surface area contributed by atoms with Crippen molar-refractivity contribution in [1.82, 2.24) is 0 Å². The second-order valence-corrected chi connectivity index (χ2v) is 39.7. The number of rotatable bonds is 20. The molecule has 0 aromatic rings. The molecule has 65 heavy (non-hydrogen) atoms. The average molecular weight is 1770 g/mol. The van der Waals surface area contributed by atoms with Crippen LogP contribution in [0.15, 0.2) is 0 Å². The fourth-order valence-electron chi connectivity index (χ4n) is 3.67. The third-order valence-electron chi connectivity index (χ3n) is 7.61. The van der Waals surface area contributed by atoms with Crippen molar-refractivity contribution in [1.29, 1.82) is 0 Å². The van der Waals surface area contributed by atoms with Gasteiger partial charge in [-0.25, -0.2) is 12.6 Å². The Hall–Kier alpha value is 11.8. The van der Waals surface area contributed by atoms with Crippen LogP contribution in [0.3, 0.4) is 0 Å². The number of alkyl halides is 41. The molecule has 0 radical (unpaired) electrons. The molecule has 0 atom stereocenters. The highest BCUT2D eigenvalue weighted by Gasteiger charge is 2.89. The average Bonchev–Trinajstić information content (AvgIpc) is 3.05. The Kier molecular flexibility index (Phi) is 27.2. The summed E-state index contributed by atoms with van der Waals surface area (Å²) in [6.07, 6.45) is 0. The van der Waals surface area contributed by atoms with E-state index in [2.05, 4.69) is 4.18 Å². The number of hydrogen-bond acceptors (Lipinski definition) is 3. The molecule has 3 nitrogen and oxygen atoms in total. The molecule has 392 valence electrons. The minimum absolute atomic E-state index is 2.92. The first-order valence-electron chi connectivity index (χ1n) is 13.3. The summed E-state index contributed by atoms with van der Waals surface area (Å²) in [6.45, 7) is 0. The maximum absolute atomic E-state index is 11.3. The van der Waals surface area contributed by atoms with Gasteiger partial charge in [-0.05, 0) is 0 Å². The lowest BCUT2D eigenvalue weighted by molar-refractivity contribution is 0.223. The molecule has 0 N–H and O–H groups in total. The minimum atomic E-state index is -4.03. The van der Waals surface area contributed by atoms with Gasteiger partial charge in [-0.15, -0.1) is 0 Å². The first-order valence-corrected chi connectivity index (χ1v) is 29.8. The minimum Gasteiger partial charge on any atom is -0.229 e. The molecule has 0 bridgehead atoms. The van der Waals surface area contributed by atoms with E-state index in [4.69, 9.17) is 476 Å². The second-order valence-electron chi connectivity index (χ2n) is 11.7. The van der Waals surface area contributed by atoms with E-state index in [1.807, 2.05) is 0 Å². The fourth-order valence-corrected chi connectivity index (χ4v) is 18.4. The zero-order valence-corrected chi connectivity index (χ0v) is 59.1. The van der Waals surface area contributed by atoms with Gasteiger partial charge in [0.05, 0.1) is 0 Å². The Morgan fingerprint density at radius 3 is 0.400 bits per heavy atom. The monoisotopic (exact) mass is 1750 g/mol. The van der Waals surface area contributed by atoms with Crippen LogP contribution in [0.5, 0.6) is 0 Å². The van der Waals surface area contributed by atoms with Crippen molar-refractivity contribution < 1.29 is 12.6 Å². The third-order valence-corrected chi connectivity index (χ3v) is 37.7. The van der Waals surface area contributed by atoms with Gasteiger partial charge in [0.15, 0.2) is 69.3 Å². The summed E-state index contributed by atoms with van der Waals surface area (Å²) in [5, 5.41) is 0. The maximum Gasteiger partial charge on any atom is 0.270 e. The molecule has 0 saturated heterocycles.